The van der Waals surface area contributed by atoms with Crippen molar-refractivity contribution in [2.75, 3.05) is 0 Å². The molecule has 1 aliphatic heterocycles. The Morgan fingerprint density at radius 1 is 1.04 bits per heavy atom. The highest BCUT2D eigenvalue weighted by Crippen LogP contribution is 2.21. The third-order valence-electron chi connectivity index (χ3n) is 4.02. The second-order valence-corrected chi connectivity index (χ2v) is 5.93. The first-order valence-electron chi connectivity index (χ1n) is 8.11. The number of nitrogens with zero attached hydrogens (tertiary/aromatic N) is 1. The van der Waals surface area contributed by atoms with E-state index < -0.39 is 29.9 Å². The Kier molecular flexibility index (Phi) is 5.11. The molecule has 26 heavy (non-hydrogen) atoms. The third kappa shape index (κ3) is 3.49. The SMILES string of the molecule is C[C@@H](O)[C@H](NN1C(=O)c2ccccc2C1=O)C(=O)OCc1ccccc1. The number of fused-ring (bicyclic) bond motifs is 1. The third-order valence-corrected chi connectivity index (χ3v) is 4.02. The van der Waals surface area contributed by atoms with E-state index in [0.717, 1.165) is 10.6 Å². The number of aliphatic hydroxyl groups excluding tert-OH is 1. The number of amides is 2. The molecule has 0 fully saturated rings. The number of aliphatic hydroxyl groups is 1. The summed E-state index contributed by atoms with van der Waals surface area (Å²) in [4.78, 5) is 37.1. The predicted molar refractivity (Wildman–Crippen MR) is 91.8 cm³/mol. The van der Waals surface area contributed by atoms with Gasteiger partial charge in [-0.2, -0.15) is 0 Å². The normalized spacial score (nSPS) is 15.5. The number of hydrogen-bond acceptors (Lipinski definition) is 6. The molecule has 0 saturated heterocycles. The number of ether oxygens (including phenoxy) is 1. The Bertz CT molecular complexity index is 800. The highest BCUT2D eigenvalue weighted by molar-refractivity contribution is 6.21. The monoisotopic (exact) mass is 354 g/mol. The topological polar surface area (TPSA) is 95.9 Å². The van der Waals surface area contributed by atoms with Gasteiger partial charge in [0.1, 0.15) is 12.6 Å². The van der Waals surface area contributed by atoms with E-state index in [-0.39, 0.29) is 17.7 Å². The Hall–Kier alpha value is -3.03. The van der Waals surface area contributed by atoms with Gasteiger partial charge in [-0.1, -0.05) is 42.5 Å². The van der Waals surface area contributed by atoms with Crippen LogP contribution in [0.25, 0.3) is 0 Å². The number of hydrogen-bond donors (Lipinski definition) is 2. The molecule has 2 N–H and O–H groups in total. The van der Waals surface area contributed by atoms with Gasteiger partial charge in [-0.25, -0.2) is 10.4 Å². The second kappa shape index (κ2) is 7.47. The molecule has 2 aromatic rings. The van der Waals surface area contributed by atoms with Gasteiger partial charge in [0.15, 0.2) is 0 Å². The maximum absolute atomic E-state index is 12.4. The lowest BCUT2D eigenvalue weighted by atomic mass is 10.1. The van der Waals surface area contributed by atoms with Gasteiger partial charge >= 0.3 is 5.97 Å². The van der Waals surface area contributed by atoms with Crippen molar-refractivity contribution in [1.82, 2.24) is 10.4 Å². The smallest absolute Gasteiger partial charge is 0.328 e. The number of rotatable bonds is 6. The van der Waals surface area contributed by atoms with Gasteiger partial charge in [0.25, 0.3) is 11.8 Å². The average Bonchev–Trinajstić information content (AvgIpc) is 2.89. The van der Waals surface area contributed by atoms with Crippen LogP contribution in [0.3, 0.4) is 0 Å². The summed E-state index contributed by atoms with van der Waals surface area (Å²) in [6.45, 7) is 1.40. The zero-order valence-electron chi connectivity index (χ0n) is 14.1. The Labute approximate surface area is 150 Å². The van der Waals surface area contributed by atoms with Crippen molar-refractivity contribution in [2.24, 2.45) is 0 Å². The van der Waals surface area contributed by atoms with Gasteiger partial charge in [-0.3, -0.25) is 14.4 Å². The molecule has 3 rings (SSSR count). The number of carbonyl (C=O) groups excluding carboxylic acids is 3. The van der Waals surface area contributed by atoms with Crippen LogP contribution in [0.2, 0.25) is 0 Å². The fraction of sp³-hybridized carbons (Fsp3) is 0.211. The summed E-state index contributed by atoms with van der Waals surface area (Å²) in [5.74, 6) is -1.92. The highest BCUT2D eigenvalue weighted by Gasteiger charge is 2.39. The van der Waals surface area contributed by atoms with Gasteiger partial charge in [0.2, 0.25) is 0 Å². The van der Waals surface area contributed by atoms with E-state index in [1.54, 1.807) is 24.3 Å². The van der Waals surface area contributed by atoms with Crippen molar-refractivity contribution < 1.29 is 24.2 Å². The zero-order valence-corrected chi connectivity index (χ0v) is 14.1. The molecule has 7 nitrogen and oxygen atoms in total. The molecule has 0 radical (unpaired) electrons. The summed E-state index contributed by atoms with van der Waals surface area (Å²) < 4.78 is 5.20. The quantitative estimate of drug-likeness (QED) is 0.599. The van der Waals surface area contributed by atoms with E-state index in [4.69, 9.17) is 4.74 Å². The van der Waals surface area contributed by atoms with E-state index in [9.17, 15) is 19.5 Å². The summed E-state index contributed by atoms with van der Waals surface area (Å²) in [5.41, 5.74) is 3.78. The predicted octanol–water partition coefficient (Wildman–Crippen LogP) is 1.28. The van der Waals surface area contributed by atoms with Crippen LogP contribution >= 0.6 is 0 Å². The Morgan fingerprint density at radius 3 is 2.12 bits per heavy atom. The molecule has 0 aromatic heterocycles. The van der Waals surface area contributed by atoms with Crippen LogP contribution in [0.4, 0.5) is 0 Å². The molecule has 7 heteroatoms. The minimum Gasteiger partial charge on any atom is -0.460 e. The molecule has 2 aromatic carbocycles. The fourth-order valence-electron chi connectivity index (χ4n) is 2.62. The Morgan fingerprint density at radius 2 is 1.58 bits per heavy atom. The number of imide groups is 1. The number of hydrazine groups is 1. The van der Waals surface area contributed by atoms with Crippen molar-refractivity contribution in [2.45, 2.75) is 25.7 Å². The van der Waals surface area contributed by atoms with Gasteiger partial charge in [-0.15, -0.1) is 0 Å². The lowest BCUT2D eigenvalue weighted by molar-refractivity contribution is -0.151. The van der Waals surface area contributed by atoms with E-state index >= 15 is 0 Å². The number of nitrogens with one attached hydrogen (secondary N) is 1. The second-order valence-electron chi connectivity index (χ2n) is 5.93. The number of esters is 1. The molecule has 0 saturated carbocycles. The standard InChI is InChI=1S/C19H18N2O5/c1-12(22)16(19(25)26-11-13-7-3-2-4-8-13)20-21-17(23)14-9-5-6-10-15(14)18(21)24/h2-10,12,16,20,22H,11H2,1H3/t12-,16+/m1/s1. The van der Waals surface area contributed by atoms with E-state index in [0.29, 0.717) is 0 Å². The maximum Gasteiger partial charge on any atom is 0.328 e. The molecule has 1 heterocycles. The molecule has 0 aliphatic carbocycles. The first-order chi connectivity index (χ1) is 12.5. The lowest BCUT2D eigenvalue weighted by Crippen LogP contribution is -2.55. The van der Waals surface area contributed by atoms with Crippen LogP contribution in [-0.2, 0) is 16.1 Å². The van der Waals surface area contributed by atoms with Gasteiger partial charge in [-0.05, 0) is 24.6 Å². The largest absolute Gasteiger partial charge is 0.460 e. The van der Waals surface area contributed by atoms with Gasteiger partial charge < -0.3 is 9.84 Å². The summed E-state index contributed by atoms with van der Waals surface area (Å²) >= 11 is 0. The molecular formula is C19H18N2O5. The summed E-state index contributed by atoms with van der Waals surface area (Å²) in [5, 5.41) is 10.7. The molecule has 2 atom stereocenters. The van der Waals surface area contributed by atoms with Crippen LogP contribution in [0.1, 0.15) is 33.2 Å². The van der Waals surface area contributed by atoms with Crippen LogP contribution in [0.15, 0.2) is 54.6 Å². The average molecular weight is 354 g/mol. The molecule has 1 aliphatic rings. The van der Waals surface area contributed by atoms with E-state index in [1.807, 2.05) is 18.2 Å². The summed E-state index contributed by atoms with van der Waals surface area (Å²) in [7, 11) is 0. The molecule has 2 amide bonds. The van der Waals surface area contributed by atoms with E-state index in [2.05, 4.69) is 5.43 Å². The zero-order chi connectivity index (χ0) is 18.7. The minimum atomic E-state index is -1.26. The summed E-state index contributed by atoms with van der Waals surface area (Å²) in [6.07, 6.45) is -1.18. The van der Waals surface area contributed by atoms with Crippen LogP contribution in [0, 0.1) is 0 Å². The van der Waals surface area contributed by atoms with Crippen LogP contribution in [-0.4, -0.2) is 40.0 Å². The van der Waals surface area contributed by atoms with Crippen molar-refractivity contribution in [3.05, 3.63) is 71.3 Å². The van der Waals surface area contributed by atoms with E-state index in [1.165, 1.54) is 19.1 Å². The van der Waals surface area contributed by atoms with Crippen LogP contribution < -0.4 is 5.43 Å². The molecule has 0 unspecified atom stereocenters. The Balaban J connectivity index is 1.70. The van der Waals surface area contributed by atoms with Gasteiger partial charge in [0, 0.05) is 0 Å². The fourth-order valence-corrected chi connectivity index (χ4v) is 2.62. The van der Waals surface area contributed by atoms with Crippen molar-refractivity contribution in [3.63, 3.8) is 0 Å². The summed E-state index contributed by atoms with van der Waals surface area (Å²) in [6, 6.07) is 14.1. The van der Waals surface area contributed by atoms with Crippen LogP contribution in [0.5, 0.6) is 0 Å². The van der Waals surface area contributed by atoms with Crippen molar-refractivity contribution >= 4 is 17.8 Å². The molecule has 134 valence electrons. The van der Waals surface area contributed by atoms with Gasteiger partial charge in [0.05, 0.1) is 17.2 Å². The first-order valence-corrected chi connectivity index (χ1v) is 8.11. The number of carbonyl (C=O) groups is 3. The minimum absolute atomic E-state index is 0.0205. The maximum atomic E-state index is 12.4. The highest BCUT2D eigenvalue weighted by atomic mass is 16.5. The first kappa shape index (κ1) is 17.8. The van der Waals surface area contributed by atoms with Crippen molar-refractivity contribution in [1.29, 1.82) is 0 Å². The number of benzene rings is 2. The molecule has 0 bridgehead atoms. The molecule has 0 spiro atoms. The van der Waals surface area contributed by atoms with Crippen molar-refractivity contribution in [3.8, 4) is 0 Å². The lowest BCUT2D eigenvalue weighted by Gasteiger charge is -2.24. The molecular weight excluding hydrogens is 336 g/mol.